The lowest BCUT2D eigenvalue weighted by molar-refractivity contribution is 0.0697. The van der Waals surface area contributed by atoms with Gasteiger partial charge in [0.25, 0.3) is 0 Å². The first-order valence-corrected chi connectivity index (χ1v) is 8.67. The summed E-state index contributed by atoms with van der Waals surface area (Å²) >= 11 is 7.06. The molecular formula is C17H17Br2NO3. The Labute approximate surface area is 152 Å². The van der Waals surface area contributed by atoms with Crippen LogP contribution in [0.15, 0.2) is 45.3 Å². The molecule has 2 N–H and O–H groups in total. The first-order chi connectivity index (χ1) is 10.9. The van der Waals surface area contributed by atoms with Crippen LogP contribution in [0.5, 0.6) is 5.75 Å². The molecule has 0 saturated carbocycles. The van der Waals surface area contributed by atoms with Gasteiger partial charge in [0.05, 0.1) is 20.6 Å². The summed E-state index contributed by atoms with van der Waals surface area (Å²) in [5.41, 5.74) is 2.21. The average molecular weight is 443 g/mol. The Balaban J connectivity index is 2.07. The predicted octanol–water partition coefficient (Wildman–Crippen LogP) is 5.31. The lowest BCUT2D eigenvalue weighted by Gasteiger charge is -2.15. The zero-order valence-electron chi connectivity index (χ0n) is 12.8. The Kier molecular flexibility index (Phi) is 6.07. The molecule has 0 heterocycles. The summed E-state index contributed by atoms with van der Waals surface area (Å²) in [4.78, 5) is 10.8. The van der Waals surface area contributed by atoms with Crippen LogP contribution in [-0.2, 0) is 6.54 Å². The van der Waals surface area contributed by atoms with Gasteiger partial charge in [-0.25, -0.2) is 4.79 Å². The summed E-state index contributed by atoms with van der Waals surface area (Å²) in [6.45, 7) is 4.58. The fourth-order valence-corrected chi connectivity index (χ4v) is 3.47. The van der Waals surface area contributed by atoms with Crippen LogP contribution in [0.3, 0.4) is 0 Å². The fourth-order valence-electron chi connectivity index (χ4n) is 2.00. The summed E-state index contributed by atoms with van der Waals surface area (Å²) < 4.78 is 7.53. The third-order valence-electron chi connectivity index (χ3n) is 3.04. The number of hydrogen-bond donors (Lipinski definition) is 2. The Morgan fingerprint density at radius 2 is 1.74 bits per heavy atom. The summed E-state index contributed by atoms with van der Waals surface area (Å²) in [5, 5.41) is 12.2. The maximum atomic E-state index is 10.8. The maximum absolute atomic E-state index is 10.8. The third kappa shape index (κ3) is 4.97. The average Bonchev–Trinajstić information content (AvgIpc) is 2.49. The quantitative estimate of drug-likeness (QED) is 0.636. The Morgan fingerprint density at radius 1 is 1.17 bits per heavy atom. The topological polar surface area (TPSA) is 58.6 Å². The van der Waals surface area contributed by atoms with E-state index in [9.17, 15) is 4.79 Å². The number of halogens is 2. The number of hydrogen-bond acceptors (Lipinski definition) is 3. The summed E-state index contributed by atoms with van der Waals surface area (Å²) in [7, 11) is 0. The van der Waals surface area contributed by atoms with Crippen molar-refractivity contribution >= 4 is 43.5 Å². The zero-order chi connectivity index (χ0) is 17.0. The number of benzene rings is 2. The van der Waals surface area contributed by atoms with Gasteiger partial charge in [-0.1, -0.05) is 0 Å². The molecule has 0 amide bonds. The molecule has 0 aromatic heterocycles. The Hall–Kier alpha value is -1.53. The number of rotatable bonds is 6. The van der Waals surface area contributed by atoms with Crippen molar-refractivity contribution < 1.29 is 14.6 Å². The van der Waals surface area contributed by atoms with Crippen molar-refractivity contribution in [2.45, 2.75) is 26.5 Å². The highest BCUT2D eigenvalue weighted by atomic mass is 79.9. The molecule has 0 aliphatic heterocycles. The molecule has 2 aromatic carbocycles. The van der Waals surface area contributed by atoms with Crippen molar-refractivity contribution in [3.8, 4) is 5.75 Å². The largest absolute Gasteiger partial charge is 0.489 e. The molecule has 0 radical (unpaired) electrons. The minimum atomic E-state index is -0.926. The van der Waals surface area contributed by atoms with E-state index in [2.05, 4.69) is 37.2 Å². The molecular weight excluding hydrogens is 426 g/mol. The molecule has 0 bridgehead atoms. The SMILES string of the molecule is CC(C)Oc1c(Br)cc(CNc2ccc(C(=O)O)cc2)cc1Br. The summed E-state index contributed by atoms with van der Waals surface area (Å²) in [6, 6.07) is 10.7. The van der Waals surface area contributed by atoms with Crippen molar-refractivity contribution in [1.82, 2.24) is 0 Å². The van der Waals surface area contributed by atoms with Crippen LogP contribution in [0, 0.1) is 0 Å². The van der Waals surface area contributed by atoms with Gasteiger partial charge in [-0.05, 0) is 87.7 Å². The first kappa shape index (κ1) is 17.8. The van der Waals surface area contributed by atoms with Crippen molar-refractivity contribution in [3.63, 3.8) is 0 Å². The van der Waals surface area contributed by atoms with Gasteiger partial charge in [-0.3, -0.25) is 0 Å². The molecule has 122 valence electrons. The molecule has 23 heavy (non-hydrogen) atoms. The van der Waals surface area contributed by atoms with Gasteiger partial charge in [-0.15, -0.1) is 0 Å². The monoisotopic (exact) mass is 441 g/mol. The number of ether oxygens (including phenoxy) is 1. The number of aromatic carboxylic acids is 1. The molecule has 0 aliphatic carbocycles. The van der Waals surface area contributed by atoms with Crippen LogP contribution in [0.1, 0.15) is 29.8 Å². The smallest absolute Gasteiger partial charge is 0.335 e. The molecule has 6 heteroatoms. The number of nitrogens with one attached hydrogen (secondary N) is 1. The van der Waals surface area contributed by atoms with Crippen molar-refractivity contribution in [2.24, 2.45) is 0 Å². The van der Waals surface area contributed by atoms with E-state index in [0.29, 0.717) is 6.54 Å². The summed E-state index contributed by atoms with van der Waals surface area (Å²) in [6.07, 6.45) is 0.0966. The summed E-state index contributed by atoms with van der Waals surface area (Å²) in [5.74, 6) is -0.139. The van der Waals surface area contributed by atoms with E-state index in [1.165, 1.54) is 0 Å². The van der Waals surface area contributed by atoms with Crippen molar-refractivity contribution in [3.05, 3.63) is 56.5 Å². The highest BCUT2D eigenvalue weighted by molar-refractivity contribution is 9.11. The van der Waals surface area contributed by atoms with Crippen LogP contribution in [0.25, 0.3) is 0 Å². The van der Waals surface area contributed by atoms with Gasteiger partial charge in [0.2, 0.25) is 0 Å². The molecule has 0 fully saturated rings. The van der Waals surface area contributed by atoms with E-state index in [1.807, 2.05) is 26.0 Å². The highest BCUT2D eigenvalue weighted by Crippen LogP contribution is 2.35. The van der Waals surface area contributed by atoms with E-state index >= 15 is 0 Å². The van der Waals surface area contributed by atoms with E-state index < -0.39 is 5.97 Å². The van der Waals surface area contributed by atoms with Crippen LogP contribution in [-0.4, -0.2) is 17.2 Å². The van der Waals surface area contributed by atoms with Gasteiger partial charge >= 0.3 is 5.97 Å². The van der Waals surface area contributed by atoms with Crippen LogP contribution in [0.2, 0.25) is 0 Å². The molecule has 0 spiro atoms. The normalized spacial score (nSPS) is 10.7. The number of carboxylic acid groups (broad SMARTS) is 1. The lowest BCUT2D eigenvalue weighted by atomic mass is 10.2. The van der Waals surface area contributed by atoms with Crippen LogP contribution >= 0.6 is 31.9 Å². The molecule has 2 rings (SSSR count). The fraction of sp³-hybridized carbons (Fsp3) is 0.235. The van der Waals surface area contributed by atoms with Gasteiger partial charge in [-0.2, -0.15) is 0 Å². The molecule has 0 unspecified atom stereocenters. The van der Waals surface area contributed by atoms with E-state index in [-0.39, 0.29) is 11.7 Å². The predicted molar refractivity (Wildman–Crippen MR) is 98.3 cm³/mol. The molecule has 2 aromatic rings. The second-order valence-corrected chi connectivity index (χ2v) is 7.00. The maximum Gasteiger partial charge on any atom is 0.335 e. The highest BCUT2D eigenvalue weighted by Gasteiger charge is 2.10. The molecule has 4 nitrogen and oxygen atoms in total. The van der Waals surface area contributed by atoms with Gasteiger partial charge in [0, 0.05) is 12.2 Å². The van der Waals surface area contributed by atoms with Crippen molar-refractivity contribution in [1.29, 1.82) is 0 Å². The Bertz CT molecular complexity index is 676. The number of anilines is 1. The second kappa shape index (κ2) is 7.84. The van der Waals surface area contributed by atoms with E-state index in [0.717, 1.165) is 25.9 Å². The first-order valence-electron chi connectivity index (χ1n) is 7.08. The lowest BCUT2D eigenvalue weighted by Crippen LogP contribution is -2.07. The molecule has 0 aliphatic rings. The zero-order valence-corrected chi connectivity index (χ0v) is 15.9. The van der Waals surface area contributed by atoms with E-state index in [4.69, 9.17) is 9.84 Å². The minimum Gasteiger partial charge on any atom is -0.489 e. The Morgan fingerprint density at radius 3 is 2.22 bits per heavy atom. The third-order valence-corrected chi connectivity index (χ3v) is 4.22. The standard InChI is InChI=1S/C17H17Br2NO3/c1-10(2)23-16-14(18)7-11(8-15(16)19)9-20-13-5-3-12(4-6-13)17(21)22/h3-8,10,20H,9H2,1-2H3,(H,21,22). The molecule has 0 atom stereocenters. The van der Waals surface area contributed by atoms with Crippen molar-refractivity contribution in [2.75, 3.05) is 5.32 Å². The van der Waals surface area contributed by atoms with E-state index in [1.54, 1.807) is 24.3 Å². The molecule has 0 saturated heterocycles. The van der Waals surface area contributed by atoms with Crippen LogP contribution < -0.4 is 10.1 Å². The van der Waals surface area contributed by atoms with Gasteiger partial charge < -0.3 is 15.2 Å². The van der Waals surface area contributed by atoms with Gasteiger partial charge in [0.15, 0.2) is 0 Å². The number of carboxylic acids is 1. The number of carbonyl (C=O) groups is 1. The minimum absolute atomic E-state index is 0.0966. The van der Waals surface area contributed by atoms with Gasteiger partial charge in [0.1, 0.15) is 5.75 Å². The van der Waals surface area contributed by atoms with Crippen LogP contribution in [0.4, 0.5) is 5.69 Å². The second-order valence-electron chi connectivity index (χ2n) is 5.29.